The fourth-order valence-corrected chi connectivity index (χ4v) is 4.08. The number of likely N-dealkylation sites (N-methyl/N-ethyl adjacent to an activating group) is 1. The Balaban J connectivity index is 1.45. The number of rotatable bonds is 5. The molecule has 1 aliphatic heterocycles. The van der Waals surface area contributed by atoms with E-state index in [2.05, 4.69) is 57.3 Å². The minimum absolute atomic E-state index is 0.168. The van der Waals surface area contributed by atoms with Crippen LogP contribution in [0.15, 0.2) is 48.7 Å². The van der Waals surface area contributed by atoms with Crippen molar-refractivity contribution in [2.75, 3.05) is 20.2 Å². The quantitative estimate of drug-likeness (QED) is 0.565. The molecule has 7 heteroatoms. The van der Waals surface area contributed by atoms with Crippen molar-refractivity contribution in [3.63, 3.8) is 0 Å². The Kier molecular flexibility index (Phi) is 4.52. The molecule has 1 saturated heterocycles. The van der Waals surface area contributed by atoms with Crippen LogP contribution in [0.25, 0.3) is 16.4 Å². The predicted molar refractivity (Wildman–Crippen MR) is 110 cm³/mol. The van der Waals surface area contributed by atoms with Crippen molar-refractivity contribution in [3.05, 3.63) is 59.9 Å². The summed E-state index contributed by atoms with van der Waals surface area (Å²) in [5, 5.41) is 17.2. The number of fused-ring (bicyclic) bond motifs is 2. The van der Waals surface area contributed by atoms with Crippen LogP contribution in [0.3, 0.4) is 0 Å². The molecule has 0 amide bonds. The molecular formula is C22H23N5O2. The van der Waals surface area contributed by atoms with E-state index in [-0.39, 0.29) is 11.9 Å². The normalized spacial score (nSPS) is 17.3. The molecule has 0 unspecified atom stereocenters. The van der Waals surface area contributed by atoms with Gasteiger partial charge in [-0.25, -0.2) is 9.50 Å². The Morgan fingerprint density at radius 3 is 2.90 bits per heavy atom. The molecule has 0 bridgehead atoms. The molecule has 148 valence electrons. The van der Waals surface area contributed by atoms with Gasteiger partial charge >= 0.3 is 6.01 Å². The van der Waals surface area contributed by atoms with Crippen LogP contribution >= 0.6 is 0 Å². The van der Waals surface area contributed by atoms with Crippen molar-refractivity contribution < 1.29 is 9.84 Å². The summed E-state index contributed by atoms with van der Waals surface area (Å²) in [5.74, 6) is -0.168. The van der Waals surface area contributed by atoms with Gasteiger partial charge in [0.15, 0.2) is 0 Å². The van der Waals surface area contributed by atoms with Crippen LogP contribution in [0.4, 0.5) is 0 Å². The molecule has 2 aromatic heterocycles. The Morgan fingerprint density at radius 2 is 2.03 bits per heavy atom. The number of hydrogen-bond acceptors (Lipinski definition) is 6. The van der Waals surface area contributed by atoms with E-state index in [9.17, 15) is 5.11 Å². The van der Waals surface area contributed by atoms with E-state index in [1.165, 1.54) is 22.8 Å². The number of imidazole rings is 1. The van der Waals surface area contributed by atoms with Gasteiger partial charge in [-0.05, 0) is 42.8 Å². The number of nitrogens with zero attached hydrogens (tertiary/aromatic N) is 5. The first kappa shape index (κ1) is 17.9. The van der Waals surface area contributed by atoms with Crippen LogP contribution in [-0.2, 0) is 6.42 Å². The lowest BCUT2D eigenvalue weighted by Crippen LogP contribution is -2.31. The average molecular weight is 389 g/mol. The SMILES string of the molecule is CN1CCC[C@H]1COc1nc(O)c2ncc(Cc3cccc4ccccc34)n2n1. The van der Waals surface area contributed by atoms with Crippen molar-refractivity contribution in [1.29, 1.82) is 0 Å². The highest BCUT2D eigenvalue weighted by molar-refractivity contribution is 5.85. The minimum Gasteiger partial charge on any atom is -0.490 e. The van der Waals surface area contributed by atoms with Crippen LogP contribution in [0, 0.1) is 0 Å². The van der Waals surface area contributed by atoms with E-state index in [1.54, 1.807) is 10.7 Å². The Morgan fingerprint density at radius 1 is 1.17 bits per heavy atom. The average Bonchev–Trinajstić information content (AvgIpc) is 3.33. The van der Waals surface area contributed by atoms with Gasteiger partial charge < -0.3 is 14.7 Å². The molecule has 3 heterocycles. The summed E-state index contributed by atoms with van der Waals surface area (Å²) in [6.45, 7) is 1.59. The van der Waals surface area contributed by atoms with E-state index in [0.29, 0.717) is 24.7 Å². The van der Waals surface area contributed by atoms with Gasteiger partial charge in [0.1, 0.15) is 6.61 Å². The molecular weight excluding hydrogens is 366 g/mol. The molecule has 1 N–H and O–H groups in total. The van der Waals surface area contributed by atoms with E-state index >= 15 is 0 Å². The standard InChI is InChI=1S/C22H23N5O2/c1-26-11-5-9-17(26)14-29-22-24-21(28)20-23-13-18(27(20)25-22)12-16-8-4-7-15-6-2-3-10-19(15)16/h2-4,6-8,10,13,17H,5,9,11-12,14H2,1H3,(H,24,25,28)/t17-/m0/s1. The zero-order valence-electron chi connectivity index (χ0n) is 16.3. The van der Waals surface area contributed by atoms with Crippen LogP contribution in [0.1, 0.15) is 24.1 Å². The van der Waals surface area contributed by atoms with Gasteiger partial charge in [-0.3, -0.25) is 0 Å². The molecule has 7 nitrogen and oxygen atoms in total. The fraction of sp³-hybridized carbons (Fsp3) is 0.318. The Labute approximate surface area is 168 Å². The highest BCUT2D eigenvalue weighted by atomic mass is 16.5. The number of benzene rings is 2. The molecule has 2 aromatic carbocycles. The monoisotopic (exact) mass is 389 g/mol. The third-order valence-electron chi connectivity index (χ3n) is 5.72. The Hall–Kier alpha value is -3.19. The molecule has 5 rings (SSSR count). The largest absolute Gasteiger partial charge is 0.490 e. The number of likely N-dealkylation sites (tertiary alicyclic amines) is 1. The highest BCUT2D eigenvalue weighted by Crippen LogP contribution is 2.24. The van der Waals surface area contributed by atoms with E-state index in [1.807, 2.05) is 12.1 Å². The van der Waals surface area contributed by atoms with Crippen molar-refractivity contribution in [2.24, 2.45) is 0 Å². The van der Waals surface area contributed by atoms with Crippen LogP contribution in [-0.4, -0.2) is 55.8 Å². The van der Waals surface area contributed by atoms with E-state index < -0.39 is 0 Å². The Bertz CT molecular complexity index is 1170. The topological polar surface area (TPSA) is 75.8 Å². The second-order valence-corrected chi connectivity index (χ2v) is 7.61. The number of aromatic hydroxyl groups is 1. The minimum atomic E-state index is -0.168. The lowest BCUT2D eigenvalue weighted by molar-refractivity contribution is 0.184. The fourth-order valence-electron chi connectivity index (χ4n) is 4.08. The van der Waals surface area contributed by atoms with Gasteiger partial charge in [-0.15, -0.1) is 5.10 Å². The first-order chi connectivity index (χ1) is 14.2. The molecule has 1 aliphatic rings. The summed E-state index contributed by atoms with van der Waals surface area (Å²) in [4.78, 5) is 10.7. The second-order valence-electron chi connectivity index (χ2n) is 7.61. The molecule has 0 aliphatic carbocycles. The van der Waals surface area contributed by atoms with Crippen molar-refractivity contribution in [3.8, 4) is 11.9 Å². The number of ether oxygens (including phenoxy) is 1. The molecule has 1 atom stereocenters. The maximum absolute atomic E-state index is 10.3. The van der Waals surface area contributed by atoms with E-state index in [0.717, 1.165) is 18.7 Å². The maximum atomic E-state index is 10.3. The van der Waals surface area contributed by atoms with Crippen molar-refractivity contribution in [1.82, 2.24) is 24.5 Å². The second kappa shape index (κ2) is 7.33. The van der Waals surface area contributed by atoms with Gasteiger partial charge in [-0.1, -0.05) is 42.5 Å². The molecule has 29 heavy (non-hydrogen) atoms. The van der Waals surface area contributed by atoms with Crippen LogP contribution < -0.4 is 4.74 Å². The lowest BCUT2D eigenvalue weighted by atomic mass is 10.0. The molecule has 0 radical (unpaired) electrons. The third kappa shape index (κ3) is 3.38. The van der Waals surface area contributed by atoms with Crippen LogP contribution in [0.2, 0.25) is 0 Å². The summed E-state index contributed by atoms with van der Waals surface area (Å²) >= 11 is 0. The van der Waals surface area contributed by atoms with Gasteiger partial charge in [0.05, 0.1) is 11.9 Å². The third-order valence-corrected chi connectivity index (χ3v) is 5.72. The van der Waals surface area contributed by atoms with Gasteiger partial charge in [-0.2, -0.15) is 4.98 Å². The number of aromatic nitrogens is 4. The summed E-state index contributed by atoms with van der Waals surface area (Å²) in [6.07, 6.45) is 4.65. The van der Waals surface area contributed by atoms with Gasteiger partial charge in [0, 0.05) is 12.5 Å². The van der Waals surface area contributed by atoms with Crippen molar-refractivity contribution >= 4 is 16.4 Å². The molecule has 1 fully saturated rings. The van der Waals surface area contributed by atoms with E-state index in [4.69, 9.17) is 4.74 Å². The summed E-state index contributed by atoms with van der Waals surface area (Å²) in [7, 11) is 2.10. The van der Waals surface area contributed by atoms with Crippen molar-refractivity contribution in [2.45, 2.75) is 25.3 Å². The number of hydrogen-bond donors (Lipinski definition) is 1. The molecule has 0 saturated carbocycles. The first-order valence-corrected chi connectivity index (χ1v) is 9.92. The molecule has 4 aromatic rings. The van der Waals surface area contributed by atoms with Gasteiger partial charge in [0.25, 0.3) is 5.88 Å². The lowest BCUT2D eigenvalue weighted by Gasteiger charge is -2.18. The highest BCUT2D eigenvalue weighted by Gasteiger charge is 2.22. The molecule has 0 spiro atoms. The summed E-state index contributed by atoms with van der Waals surface area (Å²) in [5.41, 5.74) is 2.39. The van der Waals surface area contributed by atoms with Gasteiger partial charge in [0.2, 0.25) is 5.65 Å². The zero-order chi connectivity index (χ0) is 19.8. The zero-order valence-corrected chi connectivity index (χ0v) is 16.3. The predicted octanol–water partition coefficient (Wildman–Crippen LogP) is 3.05. The first-order valence-electron chi connectivity index (χ1n) is 9.92. The van der Waals surface area contributed by atoms with Crippen LogP contribution in [0.5, 0.6) is 11.9 Å². The summed E-state index contributed by atoms with van der Waals surface area (Å²) < 4.78 is 7.46. The summed E-state index contributed by atoms with van der Waals surface area (Å²) in [6, 6.07) is 15.1. The smallest absolute Gasteiger partial charge is 0.337 e. The maximum Gasteiger partial charge on any atom is 0.337 e.